The van der Waals surface area contributed by atoms with Crippen molar-refractivity contribution in [3.05, 3.63) is 109 Å². The van der Waals surface area contributed by atoms with E-state index in [1.165, 1.54) is 5.56 Å². The molecule has 0 aliphatic carbocycles. The Kier molecular flexibility index (Phi) is 5.80. The van der Waals surface area contributed by atoms with Gasteiger partial charge < -0.3 is 10.3 Å². The van der Waals surface area contributed by atoms with Gasteiger partial charge in [0.25, 0.3) is 0 Å². The number of pyridine rings is 4. The third-order valence-electron chi connectivity index (χ3n) is 6.59. The molecule has 9 nitrogen and oxygen atoms in total. The van der Waals surface area contributed by atoms with E-state index in [0.717, 1.165) is 56.6 Å². The lowest BCUT2D eigenvalue weighted by Crippen LogP contribution is -2.12. The standard InChI is InChI=1S/C30H23N9/c1-2-5-19(6-3-1)12-32-13-20-11-22(16-33-14-20)24-8-9-25-28(35-24)29(39-38-25)30-36-26-18-34-17-23(27(26)37-30)21-7-4-10-31-15-21/h1-11,14-18,32H,12-13H2,(H,36,37)(H,38,39). The van der Waals surface area contributed by atoms with E-state index in [1.807, 2.05) is 61.1 Å². The third-order valence-corrected chi connectivity index (χ3v) is 6.59. The molecular weight excluding hydrogens is 486 g/mol. The van der Waals surface area contributed by atoms with Crippen LogP contribution in [0.4, 0.5) is 0 Å². The van der Waals surface area contributed by atoms with Crippen LogP contribution in [0.25, 0.3) is 56.0 Å². The molecule has 6 aromatic heterocycles. The molecule has 0 saturated carbocycles. The number of aromatic amines is 2. The summed E-state index contributed by atoms with van der Waals surface area (Å²) in [5.41, 5.74) is 9.77. The largest absolute Gasteiger partial charge is 0.335 e. The lowest BCUT2D eigenvalue weighted by Gasteiger charge is -2.07. The van der Waals surface area contributed by atoms with E-state index in [4.69, 9.17) is 9.97 Å². The maximum atomic E-state index is 4.96. The highest BCUT2D eigenvalue weighted by atomic mass is 15.2. The number of H-pyrrole nitrogens is 2. The number of hydrogen-bond donors (Lipinski definition) is 3. The maximum Gasteiger partial charge on any atom is 0.161 e. The van der Waals surface area contributed by atoms with Crippen LogP contribution in [-0.2, 0) is 13.1 Å². The number of benzene rings is 1. The van der Waals surface area contributed by atoms with E-state index < -0.39 is 0 Å². The van der Waals surface area contributed by atoms with Gasteiger partial charge in [-0.3, -0.25) is 20.1 Å². The Morgan fingerprint density at radius 2 is 1.54 bits per heavy atom. The van der Waals surface area contributed by atoms with Crippen LogP contribution in [0.5, 0.6) is 0 Å². The van der Waals surface area contributed by atoms with Crippen LogP contribution in [0.2, 0.25) is 0 Å². The van der Waals surface area contributed by atoms with Gasteiger partial charge in [0.15, 0.2) is 11.5 Å². The second-order valence-electron chi connectivity index (χ2n) is 9.25. The minimum absolute atomic E-state index is 0.621. The zero-order valence-corrected chi connectivity index (χ0v) is 20.8. The van der Waals surface area contributed by atoms with Crippen LogP contribution in [-0.4, -0.2) is 40.1 Å². The van der Waals surface area contributed by atoms with Crippen molar-refractivity contribution in [3.8, 4) is 33.9 Å². The van der Waals surface area contributed by atoms with Gasteiger partial charge in [0, 0.05) is 60.8 Å². The molecule has 0 fully saturated rings. The van der Waals surface area contributed by atoms with Gasteiger partial charge in [0.05, 0.1) is 22.9 Å². The highest BCUT2D eigenvalue weighted by Gasteiger charge is 2.17. The fraction of sp³-hybridized carbons (Fsp3) is 0.0667. The van der Waals surface area contributed by atoms with Crippen molar-refractivity contribution in [1.29, 1.82) is 0 Å². The number of nitrogens with zero attached hydrogens (tertiary/aromatic N) is 6. The monoisotopic (exact) mass is 509 g/mol. The maximum absolute atomic E-state index is 4.96. The molecule has 1 aromatic carbocycles. The smallest absolute Gasteiger partial charge is 0.161 e. The van der Waals surface area contributed by atoms with Gasteiger partial charge in [-0.15, -0.1) is 0 Å². The number of fused-ring (bicyclic) bond motifs is 2. The SMILES string of the molecule is c1ccc(CNCc2cncc(-c3ccc4[nH]nc(-c5nc6c(-c7cccnc7)cncc6[nH]5)c4n3)c2)cc1. The van der Waals surface area contributed by atoms with Crippen LogP contribution in [0.3, 0.4) is 0 Å². The van der Waals surface area contributed by atoms with E-state index in [9.17, 15) is 0 Å². The molecule has 0 bridgehead atoms. The van der Waals surface area contributed by atoms with Gasteiger partial charge in [-0.1, -0.05) is 36.4 Å². The summed E-state index contributed by atoms with van der Waals surface area (Å²) >= 11 is 0. The highest BCUT2D eigenvalue weighted by molar-refractivity contribution is 5.95. The van der Waals surface area contributed by atoms with Crippen LogP contribution in [0, 0.1) is 0 Å². The van der Waals surface area contributed by atoms with E-state index in [-0.39, 0.29) is 0 Å². The molecule has 7 rings (SSSR count). The average molecular weight is 510 g/mol. The first kappa shape index (κ1) is 22.9. The van der Waals surface area contributed by atoms with E-state index in [1.54, 1.807) is 18.6 Å². The molecule has 0 radical (unpaired) electrons. The molecule has 0 spiro atoms. The quantitative estimate of drug-likeness (QED) is 0.266. The Hall–Kier alpha value is -5.28. The zero-order valence-electron chi connectivity index (χ0n) is 20.8. The van der Waals surface area contributed by atoms with Crippen molar-refractivity contribution in [2.24, 2.45) is 0 Å². The molecule has 0 saturated heterocycles. The molecule has 0 atom stereocenters. The number of aromatic nitrogens is 8. The minimum Gasteiger partial charge on any atom is -0.335 e. The van der Waals surface area contributed by atoms with Gasteiger partial charge in [0.2, 0.25) is 0 Å². The predicted molar refractivity (Wildman–Crippen MR) is 150 cm³/mol. The Balaban J connectivity index is 1.20. The molecule has 188 valence electrons. The predicted octanol–water partition coefficient (Wildman–Crippen LogP) is 5.31. The van der Waals surface area contributed by atoms with E-state index in [2.05, 4.69) is 53.6 Å². The van der Waals surface area contributed by atoms with Crippen molar-refractivity contribution in [2.45, 2.75) is 13.1 Å². The molecule has 7 aromatic rings. The van der Waals surface area contributed by atoms with Crippen LogP contribution in [0.15, 0.2) is 97.8 Å². The summed E-state index contributed by atoms with van der Waals surface area (Å²) in [6.45, 7) is 1.50. The molecule has 9 heteroatoms. The minimum atomic E-state index is 0.621. The number of imidazole rings is 1. The second-order valence-corrected chi connectivity index (χ2v) is 9.25. The molecule has 0 aliphatic rings. The lowest BCUT2D eigenvalue weighted by atomic mass is 10.1. The summed E-state index contributed by atoms with van der Waals surface area (Å²) in [5.74, 6) is 0.621. The Labute approximate surface area is 223 Å². The molecule has 0 unspecified atom stereocenters. The van der Waals surface area contributed by atoms with E-state index >= 15 is 0 Å². The first-order valence-electron chi connectivity index (χ1n) is 12.6. The van der Waals surface area contributed by atoms with Gasteiger partial charge in [-0.2, -0.15) is 5.10 Å². The van der Waals surface area contributed by atoms with Crippen LogP contribution < -0.4 is 5.32 Å². The molecular formula is C30H23N9. The van der Waals surface area contributed by atoms with Crippen molar-refractivity contribution >= 4 is 22.1 Å². The van der Waals surface area contributed by atoms with Crippen LogP contribution >= 0.6 is 0 Å². The fourth-order valence-electron chi connectivity index (χ4n) is 4.67. The summed E-state index contributed by atoms with van der Waals surface area (Å²) in [6, 6.07) is 20.3. The summed E-state index contributed by atoms with van der Waals surface area (Å²) in [4.78, 5) is 26.3. The van der Waals surface area contributed by atoms with Gasteiger partial charge in [0.1, 0.15) is 11.0 Å². The second kappa shape index (κ2) is 9.88. The summed E-state index contributed by atoms with van der Waals surface area (Å²) < 4.78 is 0. The zero-order chi connectivity index (χ0) is 26.0. The molecule has 39 heavy (non-hydrogen) atoms. The average Bonchev–Trinajstić information content (AvgIpc) is 3.62. The molecule has 3 N–H and O–H groups in total. The highest BCUT2D eigenvalue weighted by Crippen LogP contribution is 2.31. The normalized spacial score (nSPS) is 11.4. The molecule has 6 heterocycles. The lowest BCUT2D eigenvalue weighted by molar-refractivity contribution is 0.691. The Bertz CT molecular complexity index is 1890. The molecule has 0 amide bonds. The number of nitrogens with one attached hydrogen (secondary N) is 3. The molecule has 0 aliphatic heterocycles. The van der Waals surface area contributed by atoms with Crippen molar-refractivity contribution in [3.63, 3.8) is 0 Å². The Morgan fingerprint density at radius 1 is 0.667 bits per heavy atom. The number of hydrogen-bond acceptors (Lipinski definition) is 7. The van der Waals surface area contributed by atoms with Crippen LogP contribution in [0.1, 0.15) is 11.1 Å². The first-order valence-corrected chi connectivity index (χ1v) is 12.6. The third kappa shape index (κ3) is 4.51. The van der Waals surface area contributed by atoms with Gasteiger partial charge in [-0.05, 0) is 35.4 Å². The Morgan fingerprint density at radius 3 is 2.44 bits per heavy atom. The number of rotatable bonds is 7. The summed E-state index contributed by atoms with van der Waals surface area (Å²) in [6.07, 6.45) is 10.8. The summed E-state index contributed by atoms with van der Waals surface area (Å²) in [5, 5.41) is 11.1. The fourth-order valence-corrected chi connectivity index (χ4v) is 4.67. The van der Waals surface area contributed by atoms with Crippen molar-refractivity contribution < 1.29 is 0 Å². The van der Waals surface area contributed by atoms with E-state index in [0.29, 0.717) is 18.1 Å². The topological polar surface area (TPSA) is 121 Å². The van der Waals surface area contributed by atoms with Crippen molar-refractivity contribution in [1.82, 2.24) is 45.4 Å². The first-order chi connectivity index (χ1) is 19.3. The summed E-state index contributed by atoms with van der Waals surface area (Å²) in [7, 11) is 0. The van der Waals surface area contributed by atoms with Gasteiger partial charge in [-0.25, -0.2) is 9.97 Å². The van der Waals surface area contributed by atoms with Crippen molar-refractivity contribution in [2.75, 3.05) is 0 Å². The van der Waals surface area contributed by atoms with Gasteiger partial charge >= 0.3 is 0 Å².